The molecule has 0 rings (SSSR count). The molecule has 0 radical (unpaired) electrons. The molecule has 3 heteroatoms. The second-order valence-corrected chi connectivity index (χ2v) is 3.18. The Hall–Kier alpha value is -1.30. The fourth-order valence-corrected chi connectivity index (χ4v) is 0.790. The highest BCUT2D eigenvalue weighted by molar-refractivity contribution is 5.91. The number of amides is 1. The SMILES string of the molecule is C=C(C)C(=O)NCCCC#[N+]CCC. The van der Waals surface area contributed by atoms with E-state index in [1.165, 1.54) is 0 Å². The predicted molar refractivity (Wildman–Crippen MR) is 59.5 cm³/mol. The normalized spacial score (nSPS) is 8.71. The van der Waals surface area contributed by atoms with Gasteiger partial charge in [-0.05, 0) is 13.3 Å². The molecule has 0 saturated carbocycles. The molecule has 0 aliphatic rings. The lowest BCUT2D eigenvalue weighted by Gasteiger charge is -2.00. The highest BCUT2D eigenvalue weighted by atomic mass is 16.1. The van der Waals surface area contributed by atoms with Crippen molar-refractivity contribution in [1.29, 1.82) is 0 Å². The first-order chi connectivity index (χ1) is 6.68. The lowest BCUT2D eigenvalue weighted by Crippen LogP contribution is -2.24. The molecule has 3 nitrogen and oxygen atoms in total. The Morgan fingerprint density at radius 2 is 2.29 bits per heavy atom. The zero-order valence-electron chi connectivity index (χ0n) is 9.10. The van der Waals surface area contributed by atoms with Crippen LogP contribution in [0.2, 0.25) is 0 Å². The van der Waals surface area contributed by atoms with Crippen LogP contribution in [0.25, 0.3) is 4.85 Å². The summed E-state index contributed by atoms with van der Waals surface area (Å²) >= 11 is 0. The average molecular weight is 195 g/mol. The Morgan fingerprint density at radius 3 is 2.86 bits per heavy atom. The highest BCUT2D eigenvalue weighted by Crippen LogP contribution is 1.89. The van der Waals surface area contributed by atoms with Crippen LogP contribution in [0.4, 0.5) is 0 Å². The Kier molecular flexibility index (Phi) is 7.53. The fraction of sp³-hybridized carbons (Fsp3) is 0.636. The van der Waals surface area contributed by atoms with E-state index in [1.54, 1.807) is 6.92 Å². The number of carbonyl (C=O) groups is 1. The van der Waals surface area contributed by atoms with Crippen molar-refractivity contribution >= 4 is 5.91 Å². The molecule has 1 amide bonds. The summed E-state index contributed by atoms with van der Waals surface area (Å²) in [5.74, 6) is -0.0736. The molecule has 0 spiro atoms. The molecule has 78 valence electrons. The van der Waals surface area contributed by atoms with Crippen LogP contribution < -0.4 is 5.32 Å². The Morgan fingerprint density at radius 1 is 1.57 bits per heavy atom. The minimum absolute atomic E-state index is 0.0736. The number of rotatable bonds is 5. The van der Waals surface area contributed by atoms with E-state index in [0.29, 0.717) is 12.1 Å². The van der Waals surface area contributed by atoms with E-state index in [4.69, 9.17) is 0 Å². The van der Waals surface area contributed by atoms with Gasteiger partial charge in [0.05, 0.1) is 6.42 Å². The zero-order chi connectivity index (χ0) is 10.8. The van der Waals surface area contributed by atoms with Crippen LogP contribution in [0.15, 0.2) is 12.2 Å². The Labute approximate surface area is 86.0 Å². The second kappa shape index (κ2) is 8.31. The topological polar surface area (TPSA) is 33.5 Å². The van der Waals surface area contributed by atoms with E-state index < -0.39 is 0 Å². The molecule has 0 unspecified atom stereocenters. The third-order valence-electron chi connectivity index (χ3n) is 1.59. The van der Waals surface area contributed by atoms with E-state index in [1.807, 2.05) is 0 Å². The van der Waals surface area contributed by atoms with Crippen molar-refractivity contribution < 1.29 is 4.79 Å². The largest absolute Gasteiger partial charge is 0.352 e. The lowest BCUT2D eigenvalue weighted by molar-refractivity contribution is -0.117. The van der Waals surface area contributed by atoms with Crippen molar-refractivity contribution in [2.24, 2.45) is 0 Å². The van der Waals surface area contributed by atoms with Crippen molar-refractivity contribution in [3.63, 3.8) is 0 Å². The second-order valence-electron chi connectivity index (χ2n) is 3.18. The van der Waals surface area contributed by atoms with Gasteiger partial charge in [-0.3, -0.25) is 4.79 Å². The maximum atomic E-state index is 11.0. The summed E-state index contributed by atoms with van der Waals surface area (Å²) < 4.78 is 0. The van der Waals surface area contributed by atoms with Gasteiger partial charge in [0, 0.05) is 18.5 Å². The molecule has 0 heterocycles. The zero-order valence-corrected chi connectivity index (χ0v) is 9.10. The quantitative estimate of drug-likeness (QED) is 0.529. The third-order valence-corrected chi connectivity index (χ3v) is 1.59. The monoisotopic (exact) mass is 195 g/mol. The van der Waals surface area contributed by atoms with Crippen molar-refractivity contribution in [2.45, 2.75) is 33.1 Å². The van der Waals surface area contributed by atoms with Gasteiger partial charge in [-0.25, -0.2) is 0 Å². The number of hydrogen-bond acceptors (Lipinski definition) is 1. The third kappa shape index (κ3) is 7.35. The fourth-order valence-electron chi connectivity index (χ4n) is 0.790. The standard InChI is InChI=1S/C11H18N2O/c1-4-7-12-8-5-6-9-13-11(14)10(2)3/h2,4-7,9H2,1,3H3/p+1. The summed E-state index contributed by atoms with van der Waals surface area (Å²) in [5.41, 5.74) is 0.550. The molecule has 0 atom stereocenters. The molecule has 14 heavy (non-hydrogen) atoms. The summed E-state index contributed by atoms with van der Waals surface area (Å²) in [6.45, 7) is 8.84. The van der Waals surface area contributed by atoms with Gasteiger partial charge in [-0.2, -0.15) is 0 Å². The number of hydrogen-bond donors (Lipinski definition) is 1. The van der Waals surface area contributed by atoms with E-state index in [9.17, 15) is 4.79 Å². The molecule has 0 aromatic carbocycles. The number of nitrogens with one attached hydrogen (secondary N) is 1. The number of unbranched alkanes of at least 4 members (excludes halogenated alkanes) is 1. The predicted octanol–water partition coefficient (Wildman–Crippen LogP) is 2.20. The van der Waals surface area contributed by atoms with Gasteiger partial charge in [0.15, 0.2) is 0 Å². The molecule has 0 saturated heterocycles. The summed E-state index contributed by atoms with van der Waals surface area (Å²) in [6, 6.07) is 2.94. The van der Waals surface area contributed by atoms with Crippen LogP contribution in [-0.4, -0.2) is 19.0 Å². The lowest BCUT2D eigenvalue weighted by atomic mass is 10.3. The maximum Gasteiger partial charge on any atom is 0.272 e. The van der Waals surface area contributed by atoms with Crippen molar-refractivity contribution in [3.8, 4) is 6.07 Å². The first kappa shape index (κ1) is 12.7. The minimum atomic E-state index is -0.0736. The molecular weight excluding hydrogens is 176 g/mol. The summed E-state index contributed by atoms with van der Waals surface area (Å²) in [4.78, 5) is 15.1. The molecule has 1 N–H and O–H groups in total. The number of nitrogens with zero attached hydrogens (tertiary/aromatic N) is 1. The highest BCUT2D eigenvalue weighted by Gasteiger charge is 1.99. The smallest absolute Gasteiger partial charge is 0.272 e. The van der Waals surface area contributed by atoms with E-state index in [2.05, 4.69) is 29.7 Å². The molecule has 0 aliphatic carbocycles. The van der Waals surface area contributed by atoms with Crippen LogP contribution in [-0.2, 0) is 4.79 Å². The van der Waals surface area contributed by atoms with E-state index in [-0.39, 0.29) is 5.91 Å². The van der Waals surface area contributed by atoms with Crippen LogP contribution in [0, 0.1) is 6.07 Å². The van der Waals surface area contributed by atoms with Gasteiger partial charge in [0.1, 0.15) is 0 Å². The Balaban J connectivity index is 3.35. The van der Waals surface area contributed by atoms with Crippen molar-refractivity contribution in [1.82, 2.24) is 5.32 Å². The number of carbonyl (C=O) groups excluding carboxylic acids is 1. The van der Waals surface area contributed by atoms with E-state index in [0.717, 1.165) is 25.8 Å². The van der Waals surface area contributed by atoms with Gasteiger partial charge >= 0.3 is 0 Å². The maximum absolute atomic E-state index is 11.0. The average Bonchev–Trinajstić information content (AvgIpc) is 2.16. The first-order valence-corrected chi connectivity index (χ1v) is 5.01. The van der Waals surface area contributed by atoms with Crippen LogP contribution >= 0.6 is 0 Å². The van der Waals surface area contributed by atoms with Gasteiger partial charge in [-0.1, -0.05) is 18.3 Å². The molecule has 0 aromatic heterocycles. The summed E-state index contributed by atoms with van der Waals surface area (Å²) in [5, 5.41) is 2.75. The molecule has 0 aromatic rings. The minimum Gasteiger partial charge on any atom is -0.352 e. The van der Waals surface area contributed by atoms with Gasteiger partial charge in [-0.15, -0.1) is 0 Å². The molecule has 0 bridgehead atoms. The van der Waals surface area contributed by atoms with Gasteiger partial charge in [0.25, 0.3) is 12.6 Å². The Bertz CT molecular complexity index is 248. The van der Waals surface area contributed by atoms with E-state index >= 15 is 0 Å². The van der Waals surface area contributed by atoms with Crippen LogP contribution in [0.1, 0.15) is 33.1 Å². The van der Waals surface area contributed by atoms with Crippen molar-refractivity contribution in [3.05, 3.63) is 17.0 Å². The summed E-state index contributed by atoms with van der Waals surface area (Å²) in [7, 11) is 0. The van der Waals surface area contributed by atoms with Crippen LogP contribution in [0.5, 0.6) is 0 Å². The van der Waals surface area contributed by atoms with Crippen LogP contribution in [0.3, 0.4) is 0 Å². The molecule has 0 aliphatic heterocycles. The van der Waals surface area contributed by atoms with Gasteiger partial charge in [0.2, 0.25) is 5.91 Å². The first-order valence-electron chi connectivity index (χ1n) is 5.01. The molecular formula is C11H19N2O+. The summed E-state index contributed by atoms with van der Waals surface area (Å²) in [6.07, 6.45) is 2.74. The van der Waals surface area contributed by atoms with Crippen molar-refractivity contribution in [2.75, 3.05) is 13.1 Å². The van der Waals surface area contributed by atoms with Gasteiger partial charge < -0.3 is 5.32 Å². The molecule has 0 fully saturated rings.